The number of benzene rings is 1. The molecular weight excluding hydrogens is 272 g/mol. The van der Waals surface area contributed by atoms with E-state index >= 15 is 0 Å². The van der Waals surface area contributed by atoms with E-state index in [9.17, 15) is 18.5 Å². The standard InChI is InChI=1S/C8H9ClN2O5S/c9-7-2-1-6(11(12)13)5-8(7)16-3-4-17(10,14)15/h1-2,5H,3-4H2,(H2,10,14,15). The number of nitrogens with zero attached hydrogens (tertiary/aromatic N) is 1. The average molecular weight is 281 g/mol. The molecule has 17 heavy (non-hydrogen) atoms. The number of non-ortho nitro benzene ring substituents is 1. The summed E-state index contributed by atoms with van der Waals surface area (Å²) in [4.78, 5) is 9.88. The summed E-state index contributed by atoms with van der Waals surface area (Å²) in [6.07, 6.45) is 0. The van der Waals surface area contributed by atoms with Crippen LogP contribution in [0.2, 0.25) is 5.02 Å². The molecule has 1 rings (SSSR count). The highest BCUT2D eigenvalue weighted by Crippen LogP contribution is 2.28. The first-order chi connectivity index (χ1) is 7.79. The number of hydrogen-bond donors (Lipinski definition) is 1. The number of primary sulfonamides is 1. The van der Waals surface area contributed by atoms with Crippen LogP contribution >= 0.6 is 11.6 Å². The Hall–Kier alpha value is -1.38. The van der Waals surface area contributed by atoms with Gasteiger partial charge < -0.3 is 4.74 Å². The third kappa shape index (κ3) is 4.55. The van der Waals surface area contributed by atoms with Gasteiger partial charge in [-0.1, -0.05) is 11.6 Å². The zero-order valence-corrected chi connectivity index (χ0v) is 10.1. The molecule has 0 bridgehead atoms. The fraction of sp³-hybridized carbons (Fsp3) is 0.250. The van der Waals surface area contributed by atoms with Crippen LogP contribution < -0.4 is 9.88 Å². The second kappa shape index (κ2) is 5.30. The molecule has 94 valence electrons. The van der Waals surface area contributed by atoms with E-state index in [1.54, 1.807) is 0 Å². The average Bonchev–Trinajstić information content (AvgIpc) is 2.18. The number of nitrogens with two attached hydrogens (primary N) is 1. The molecule has 7 nitrogen and oxygen atoms in total. The summed E-state index contributed by atoms with van der Waals surface area (Å²) < 4.78 is 26.3. The Morgan fingerprint density at radius 2 is 2.12 bits per heavy atom. The maximum absolute atomic E-state index is 10.6. The van der Waals surface area contributed by atoms with Gasteiger partial charge in [0.15, 0.2) is 0 Å². The summed E-state index contributed by atoms with van der Waals surface area (Å²) in [5.41, 5.74) is -0.194. The van der Waals surface area contributed by atoms with Gasteiger partial charge in [0.05, 0.1) is 21.8 Å². The summed E-state index contributed by atoms with van der Waals surface area (Å²) >= 11 is 5.72. The van der Waals surface area contributed by atoms with Crippen molar-refractivity contribution in [1.82, 2.24) is 0 Å². The van der Waals surface area contributed by atoms with Crippen LogP contribution in [-0.2, 0) is 10.0 Å². The van der Waals surface area contributed by atoms with E-state index in [0.29, 0.717) is 0 Å². The molecule has 1 aromatic rings. The molecule has 0 aromatic heterocycles. The Balaban J connectivity index is 2.76. The zero-order chi connectivity index (χ0) is 13.1. The summed E-state index contributed by atoms with van der Waals surface area (Å²) in [5.74, 6) is -0.351. The normalized spacial score (nSPS) is 11.2. The Morgan fingerprint density at radius 3 is 2.65 bits per heavy atom. The van der Waals surface area contributed by atoms with Crippen molar-refractivity contribution in [3.63, 3.8) is 0 Å². The van der Waals surface area contributed by atoms with Crippen molar-refractivity contribution in [2.24, 2.45) is 5.14 Å². The van der Waals surface area contributed by atoms with E-state index in [1.165, 1.54) is 12.1 Å². The number of rotatable bonds is 5. The van der Waals surface area contributed by atoms with Crippen molar-refractivity contribution in [3.05, 3.63) is 33.3 Å². The van der Waals surface area contributed by atoms with Gasteiger partial charge in [0.25, 0.3) is 5.69 Å². The molecule has 0 unspecified atom stereocenters. The van der Waals surface area contributed by atoms with Crippen molar-refractivity contribution < 1.29 is 18.1 Å². The van der Waals surface area contributed by atoms with Crippen LogP contribution in [0.4, 0.5) is 5.69 Å². The molecule has 0 saturated carbocycles. The van der Waals surface area contributed by atoms with E-state index in [1.807, 2.05) is 0 Å². The Labute approximate surface area is 102 Å². The van der Waals surface area contributed by atoms with Gasteiger partial charge in [-0.15, -0.1) is 0 Å². The van der Waals surface area contributed by atoms with Crippen molar-refractivity contribution in [2.45, 2.75) is 0 Å². The molecule has 0 heterocycles. The van der Waals surface area contributed by atoms with Crippen molar-refractivity contribution in [1.29, 1.82) is 0 Å². The zero-order valence-electron chi connectivity index (χ0n) is 8.50. The number of sulfonamides is 1. The first kappa shape index (κ1) is 13.7. The van der Waals surface area contributed by atoms with E-state index in [-0.39, 0.29) is 23.1 Å². The monoisotopic (exact) mass is 280 g/mol. The molecular formula is C8H9ClN2O5S. The molecule has 0 saturated heterocycles. The first-order valence-electron chi connectivity index (χ1n) is 4.37. The van der Waals surface area contributed by atoms with Gasteiger partial charge in [-0.05, 0) is 6.07 Å². The lowest BCUT2D eigenvalue weighted by Crippen LogP contribution is -2.21. The summed E-state index contributed by atoms with van der Waals surface area (Å²) in [6, 6.07) is 3.63. The fourth-order valence-corrected chi connectivity index (χ4v) is 1.47. The number of nitro groups is 1. The van der Waals surface area contributed by atoms with Crippen LogP contribution in [0.5, 0.6) is 5.75 Å². The maximum atomic E-state index is 10.6. The SMILES string of the molecule is NS(=O)(=O)CCOc1cc([N+](=O)[O-])ccc1Cl. The van der Waals surface area contributed by atoms with Crippen LogP contribution in [0.25, 0.3) is 0 Å². The summed E-state index contributed by atoms with van der Waals surface area (Å²) in [5, 5.41) is 15.4. The molecule has 0 aliphatic carbocycles. The Morgan fingerprint density at radius 1 is 1.47 bits per heavy atom. The highest BCUT2D eigenvalue weighted by atomic mass is 35.5. The van der Waals surface area contributed by atoms with E-state index in [0.717, 1.165) is 6.07 Å². The molecule has 0 atom stereocenters. The molecule has 9 heteroatoms. The minimum Gasteiger partial charge on any atom is -0.491 e. The van der Waals surface area contributed by atoms with Crippen molar-refractivity contribution >= 4 is 27.3 Å². The van der Waals surface area contributed by atoms with E-state index in [2.05, 4.69) is 0 Å². The second-order valence-electron chi connectivity index (χ2n) is 3.09. The quantitative estimate of drug-likeness (QED) is 0.636. The van der Waals surface area contributed by atoms with Crippen LogP contribution in [0.1, 0.15) is 0 Å². The fourth-order valence-electron chi connectivity index (χ4n) is 0.984. The molecule has 0 fully saturated rings. The lowest BCUT2D eigenvalue weighted by Gasteiger charge is -2.06. The third-order valence-corrected chi connectivity index (χ3v) is 2.80. The molecule has 2 N–H and O–H groups in total. The second-order valence-corrected chi connectivity index (χ2v) is 5.23. The van der Waals surface area contributed by atoms with Gasteiger partial charge in [0.2, 0.25) is 10.0 Å². The maximum Gasteiger partial charge on any atom is 0.273 e. The number of hydrogen-bond acceptors (Lipinski definition) is 5. The molecule has 1 aromatic carbocycles. The smallest absolute Gasteiger partial charge is 0.273 e. The van der Waals surface area contributed by atoms with Crippen molar-refractivity contribution in [3.8, 4) is 5.75 Å². The van der Waals surface area contributed by atoms with E-state index in [4.69, 9.17) is 21.5 Å². The van der Waals surface area contributed by atoms with Crippen molar-refractivity contribution in [2.75, 3.05) is 12.4 Å². The van der Waals surface area contributed by atoms with E-state index < -0.39 is 20.7 Å². The van der Waals surface area contributed by atoms with Gasteiger partial charge in [-0.2, -0.15) is 0 Å². The number of nitro benzene ring substituents is 1. The topological polar surface area (TPSA) is 113 Å². The Kier molecular flexibility index (Phi) is 4.27. The highest BCUT2D eigenvalue weighted by molar-refractivity contribution is 7.89. The highest BCUT2D eigenvalue weighted by Gasteiger charge is 2.11. The minimum atomic E-state index is -3.64. The lowest BCUT2D eigenvalue weighted by atomic mass is 10.3. The molecule has 0 spiro atoms. The van der Waals surface area contributed by atoms with Crippen LogP contribution in [0, 0.1) is 10.1 Å². The number of halogens is 1. The van der Waals surface area contributed by atoms with Gasteiger partial charge >= 0.3 is 0 Å². The lowest BCUT2D eigenvalue weighted by molar-refractivity contribution is -0.384. The molecule has 0 amide bonds. The number of ether oxygens (including phenoxy) is 1. The third-order valence-electron chi connectivity index (χ3n) is 1.75. The van der Waals surface area contributed by atoms with Gasteiger partial charge in [0, 0.05) is 6.07 Å². The molecule has 0 aliphatic heterocycles. The van der Waals surface area contributed by atoms with Crippen LogP contribution in [-0.4, -0.2) is 25.7 Å². The van der Waals surface area contributed by atoms with Gasteiger partial charge in [-0.3, -0.25) is 10.1 Å². The van der Waals surface area contributed by atoms with Gasteiger partial charge in [0.1, 0.15) is 12.4 Å². The minimum absolute atomic E-state index is 0.0458. The van der Waals surface area contributed by atoms with Gasteiger partial charge in [-0.25, -0.2) is 13.6 Å². The van der Waals surface area contributed by atoms with Crippen LogP contribution in [0.15, 0.2) is 18.2 Å². The predicted molar refractivity (Wildman–Crippen MR) is 61.6 cm³/mol. The summed E-state index contributed by atoms with van der Waals surface area (Å²) in [7, 11) is -3.64. The molecule has 0 aliphatic rings. The molecule has 0 radical (unpaired) electrons. The van der Waals surface area contributed by atoms with Crippen LogP contribution in [0.3, 0.4) is 0 Å². The summed E-state index contributed by atoms with van der Waals surface area (Å²) in [6.45, 7) is -0.222. The Bertz CT molecular complexity index is 531. The predicted octanol–water partition coefficient (Wildman–Crippen LogP) is 0.915. The first-order valence-corrected chi connectivity index (χ1v) is 6.46. The largest absolute Gasteiger partial charge is 0.491 e.